The van der Waals surface area contributed by atoms with E-state index in [0.29, 0.717) is 0 Å². The first-order chi connectivity index (χ1) is 9.67. The van der Waals surface area contributed by atoms with Crippen LogP contribution in [0.4, 0.5) is 5.82 Å². The van der Waals surface area contributed by atoms with Crippen molar-refractivity contribution in [2.24, 2.45) is 7.05 Å². The first-order valence-electron chi connectivity index (χ1n) is 6.94. The minimum absolute atomic E-state index is 0.795. The number of nitrogens with zero attached hydrogens (tertiary/aromatic N) is 6. The van der Waals surface area contributed by atoms with Gasteiger partial charge in [0.05, 0.1) is 18.1 Å². The summed E-state index contributed by atoms with van der Waals surface area (Å²) in [6.45, 7) is 5.14. The predicted octanol–water partition coefficient (Wildman–Crippen LogP) is 0.152. The molecule has 1 aliphatic rings. The van der Waals surface area contributed by atoms with Gasteiger partial charge in [0.1, 0.15) is 11.6 Å². The van der Waals surface area contributed by atoms with Gasteiger partial charge in [0.2, 0.25) is 0 Å². The van der Waals surface area contributed by atoms with Crippen LogP contribution in [-0.4, -0.2) is 69.8 Å². The van der Waals surface area contributed by atoms with Gasteiger partial charge in [0, 0.05) is 40.3 Å². The van der Waals surface area contributed by atoms with Crippen molar-refractivity contribution in [3.05, 3.63) is 12.0 Å². The topological polar surface area (TPSA) is 62.1 Å². The highest BCUT2D eigenvalue weighted by Gasteiger charge is 2.17. The van der Waals surface area contributed by atoms with Crippen molar-refractivity contribution in [3.8, 4) is 0 Å². The molecule has 0 radical (unpaired) electrons. The molecular formula is C13H21N7. The molecule has 0 spiro atoms. The van der Waals surface area contributed by atoms with E-state index in [9.17, 15) is 0 Å². The van der Waals surface area contributed by atoms with Crippen LogP contribution in [0.1, 0.15) is 5.82 Å². The maximum atomic E-state index is 4.65. The number of aryl methyl sites for hydroxylation is 1. The number of rotatable bonds is 3. The van der Waals surface area contributed by atoms with Crippen LogP contribution in [-0.2, 0) is 13.6 Å². The van der Waals surface area contributed by atoms with Crippen LogP contribution in [0, 0.1) is 0 Å². The highest BCUT2D eigenvalue weighted by atomic mass is 15.3. The number of hydrogen-bond acceptors (Lipinski definition) is 6. The molecule has 0 aliphatic carbocycles. The molecule has 0 aromatic carbocycles. The smallest absolute Gasteiger partial charge is 0.163 e. The fourth-order valence-electron chi connectivity index (χ4n) is 2.53. The van der Waals surface area contributed by atoms with Gasteiger partial charge in [-0.3, -0.25) is 9.58 Å². The van der Waals surface area contributed by atoms with Crippen molar-refractivity contribution < 1.29 is 0 Å². The Kier molecular flexibility index (Phi) is 3.54. The van der Waals surface area contributed by atoms with E-state index < -0.39 is 0 Å². The molecule has 1 fully saturated rings. The molecule has 3 heterocycles. The quantitative estimate of drug-likeness (QED) is 0.860. The SMILES string of the molecule is CNc1nc(CN2CCN(C)CC2)nc2c1cnn2C. The number of hydrogen-bond donors (Lipinski definition) is 1. The van der Waals surface area contributed by atoms with Crippen molar-refractivity contribution in [1.82, 2.24) is 29.5 Å². The molecule has 0 unspecified atom stereocenters. The highest BCUT2D eigenvalue weighted by molar-refractivity contribution is 5.86. The van der Waals surface area contributed by atoms with Crippen LogP contribution in [0.15, 0.2) is 6.20 Å². The van der Waals surface area contributed by atoms with E-state index in [1.807, 2.05) is 14.1 Å². The fourth-order valence-corrected chi connectivity index (χ4v) is 2.53. The monoisotopic (exact) mass is 275 g/mol. The van der Waals surface area contributed by atoms with Crippen LogP contribution in [0.25, 0.3) is 11.0 Å². The maximum absolute atomic E-state index is 4.65. The number of nitrogens with one attached hydrogen (secondary N) is 1. The average Bonchev–Trinajstić information content (AvgIpc) is 2.82. The molecule has 108 valence electrons. The second-order valence-electron chi connectivity index (χ2n) is 5.32. The molecule has 20 heavy (non-hydrogen) atoms. The fraction of sp³-hybridized carbons (Fsp3) is 0.615. The van der Waals surface area contributed by atoms with E-state index in [-0.39, 0.29) is 0 Å². The van der Waals surface area contributed by atoms with E-state index >= 15 is 0 Å². The van der Waals surface area contributed by atoms with Gasteiger partial charge >= 0.3 is 0 Å². The predicted molar refractivity (Wildman–Crippen MR) is 78.6 cm³/mol. The first kappa shape index (κ1) is 13.3. The van der Waals surface area contributed by atoms with E-state index in [0.717, 1.165) is 55.4 Å². The third kappa shape index (κ3) is 2.46. The summed E-state index contributed by atoms with van der Waals surface area (Å²) >= 11 is 0. The average molecular weight is 275 g/mol. The molecule has 2 aromatic rings. The second-order valence-corrected chi connectivity index (χ2v) is 5.32. The zero-order valence-electron chi connectivity index (χ0n) is 12.3. The Hall–Kier alpha value is -1.73. The Morgan fingerprint density at radius 2 is 1.90 bits per heavy atom. The summed E-state index contributed by atoms with van der Waals surface area (Å²) in [4.78, 5) is 14.0. The Morgan fingerprint density at radius 1 is 1.15 bits per heavy atom. The Labute approximate surface area is 118 Å². The van der Waals surface area contributed by atoms with Crippen LogP contribution >= 0.6 is 0 Å². The number of piperazine rings is 1. The molecule has 1 aliphatic heterocycles. The number of fused-ring (bicyclic) bond motifs is 1. The molecule has 7 nitrogen and oxygen atoms in total. The normalized spacial score (nSPS) is 17.8. The standard InChI is InChI=1S/C13H21N7/c1-14-12-10-8-15-19(3)13(10)17-11(16-12)9-20-6-4-18(2)5-7-20/h8H,4-7,9H2,1-3H3,(H,14,16,17). The van der Waals surface area contributed by atoms with Gasteiger partial charge in [-0.1, -0.05) is 0 Å². The third-order valence-corrected chi connectivity index (χ3v) is 3.84. The molecule has 0 atom stereocenters. The molecule has 7 heteroatoms. The van der Waals surface area contributed by atoms with Crippen LogP contribution in [0.3, 0.4) is 0 Å². The zero-order chi connectivity index (χ0) is 14.1. The van der Waals surface area contributed by atoms with Gasteiger partial charge in [-0.25, -0.2) is 9.97 Å². The lowest BCUT2D eigenvalue weighted by Gasteiger charge is -2.31. The molecule has 1 saturated heterocycles. The molecular weight excluding hydrogens is 254 g/mol. The minimum Gasteiger partial charge on any atom is -0.372 e. The summed E-state index contributed by atoms with van der Waals surface area (Å²) in [6, 6.07) is 0. The summed E-state index contributed by atoms with van der Waals surface area (Å²) in [5.41, 5.74) is 0.883. The van der Waals surface area contributed by atoms with Crippen molar-refractivity contribution >= 4 is 16.9 Å². The Bertz CT molecular complexity index is 598. The minimum atomic E-state index is 0.795. The van der Waals surface area contributed by atoms with Gasteiger partial charge in [-0.2, -0.15) is 5.10 Å². The van der Waals surface area contributed by atoms with E-state index in [2.05, 4.69) is 37.2 Å². The van der Waals surface area contributed by atoms with Crippen LogP contribution < -0.4 is 5.32 Å². The number of anilines is 1. The molecule has 0 saturated carbocycles. The molecule has 3 rings (SSSR count). The van der Waals surface area contributed by atoms with Crippen molar-refractivity contribution in [3.63, 3.8) is 0 Å². The summed E-state index contributed by atoms with van der Waals surface area (Å²) < 4.78 is 1.80. The second kappa shape index (κ2) is 5.34. The van der Waals surface area contributed by atoms with Gasteiger partial charge in [0.15, 0.2) is 5.65 Å². The molecule has 0 bridgehead atoms. The summed E-state index contributed by atoms with van der Waals surface area (Å²) in [5, 5.41) is 8.36. The lowest BCUT2D eigenvalue weighted by Crippen LogP contribution is -2.44. The van der Waals surface area contributed by atoms with E-state index in [4.69, 9.17) is 0 Å². The van der Waals surface area contributed by atoms with Gasteiger partial charge in [-0.05, 0) is 7.05 Å². The molecule has 1 N–H and O–H groups in total. The van der Waals surface area contributed by atoms with E-state index in [1.54, 1.807) is 10.9 Å². The molecule has 2 aromatic heterocycles. The van der Waals surface area contributed by atoms with Gasteiger partial charge in [-0.15, -0.1) is 0 Å². The number of aromatic nitrogens is 4. The summed E-state index contributed by atoms with van der Waals surface area (Å²) in [5.74, 6) is 1.71. The van der Waals surface area contributed by atoms with Crippen LogP contribution in [0.5, 0.6) is 0 Å². The van der Waals surface area contributed by atoms with Crippen molar-refractivity contribution in [2.45, 2.75) is 6.54 Å². The third-order valence-electron chi connectivity index (χ3n) is 3.84. The van der Waals surface area contributed by atoms with Crippen molar-refractivity contribution in [1.29, 1.82) is 0 Å². The lowest BCUT2D eigenvalue weighted by atomic mass is 10.3. The largest absolute Gasteiger partial charge is 0.372 e. The zero-order valence-corrected chi connectivity index (χ0v) is 12.3. The summed E-state index contributed by atoms with van der Waals surface area (Å²) in [7, 11) is 5.96. The van der Waals surface area contributed by atoms with Crippen LogP contribution in [0.2, 0.25) is 0 Å². The lowest BCUT2D eigenvalue weighted by molar-refractivity contribution is 0.145. The maximum Gasteiger partial charge on any atom is 0.163 e. The molecule has 0 amide bonds. The Balaban J connectivity index is 1.86. The van der Waals surface area contributed by atoms with Crippen molar-refractivity contribution in [2.75, 3.05) is 45.6 Å². The Morgan fingerprint density at radius 3 is 2.60 bits per heavy atom. The van der Waals surface area contributed by atoms with Gasteiger partial charge in [0.25, 0.3) is 0 Å². The van der Waals surface area contributed by atoms with Gasteiger partial charge < -0.3 is 10.2 Å². The highest BCUT2D eigenvalue weighted by Crippen LogP contribution is 2.19. The van der Waals surface area contributed by atoms with E-state index in [1.165, 1.54) is 0 Å². The first-order valence-corrected chi connectivity index (χ1v) is 6.94. The number of likely N-dealkylation sites (N-methyl/N-ethyl adjacent to an activating group) is 1. The summed E-state index contributed by atoms with van der Waals surface area (Å²) in [6.07, 6.45) is 1.81.